The number of cyclic esters (lactones) is 1. The molecule has 11 heteroatoms. The van der Waals surface area contributed by atoms with Crippen molar-refractivity contribution in [1.29, 1.82) is 0 Å². The van der Waals surface area contributed by atoms with E-state index in [1.807, 2.05) is 24.3 Å². The SMILES string of the molecule is COc1cc2c(cc1-c1ccc(N3CCC3)nc1CN1C(=O)OC(c3cccc(C(F)(F)F)c3)C1C)C(CC(=O)O)CC2. The molecule has 3 unspecified atom stereocenters. The van der Waals surface area contributed by atoms with Crippen LogP contribution in [0.5, 0.6) is 5.75 Å². The lowest BCUT2D eigenvalue weighted by Crippen LogP contribution is -2.38. The van der Waals surface area contributed by atoms with E-state index >= 15 is 0 Å². The van der Waals surface area contributed by atoms with Gasteiger partial charge in [-0.25, -0.2) is 9.78 Å². The van der Waals surface area contributed by atoms with E-state index in [-0.39, 0.29) is 24.4 Å². The number of benzene rings is 2. The van der Waals surface area contributed by atoms with Crippen LogP contribution >= 0.6 is 0 Å². The zero-order valence-corrected chi connectivity index (χ0v) is 23.9. The van der Waals surface area contributed by atoms with Gasteiger partial charge in [-0.05, 0) is 85.2 Å². The lowest BCUT2D eigenvalue weighted by molar-refractivity contribution is -0.138. The van der Waals surface area contributed by atoms with Gasteiger partial charge < -0.3 is 19.5 Å². The van der Waals surface area contributed by atoms with E-state index in [2.05, 4.69) is 4.90 Å². The second kappa shape index (κ2) is 11.1. The summed E-state index contributed by atoms with van der Waals surface area (Å²) in [5, 5.41) is 9.47. The largest absolute Gasteiger partial charge is 0.496 e. The summed E-state index contributed by atoms with van der Waals surface area (Å²) in [5.41, 5.74) is 3.55. The van der Waals surface area contributed by atoms with Gasteiger partial charge in [0.25, 0.3) is 0 Å². The van der Waals surface area contributed by atoms with Gasteiger partial charge in [-0.1, -0.05) is 12.1 Å². The number of carbonyl (C=O) groups excluding carboxylic acids is 1. The van der Waals surface area contributed by atoms with E-state index in [4.69, 9.17) is 14.5 Å². The first kappa shape index (κ1) is 28.8. The Balaban J connectivity index is 1.37. The van der Waals surface area contributed by atoms with Crippen molar-refractivity contribution in [1.82, 2.24) is 9.88 Å². The fourth-order valence-corrected chi connectivity index (χ4v) is 6.31. The van der Waals surface area contributed by atoms with Crippen molar-refractivity contribution in [3.8, 4) is 16.9 Å². The molecule has 6 rings (SSSR count). The average molecular weight is 596 g/mol. The highest BCUT2D eigenvalue weighted by molar-refractivity contribution is 5.77. The van der Waals surface area contributed by atoms with Crippen LogP contribution < -0.4 is 9.64 Å². The molecule has 2 aliphatic heterocycles. The summed E-state index contributed by atoms with van der Waals surface area (Å²) in [6, 6.07) is 12.1. The predicted molar refractivity (Wildman–Crippen MR) is 152 cm³/mol. The molecular formula is C32H32F3N3O5. The van der Waals surface area contributed by atoms with Crippen LogP contribution in [0.1, 0.15) is 66.2 Å². The molecule has 3 heterocycles. The van der Waals surface area contributed by atoms with Gasteiger partial charge in [-0.15, -0.1) is 0 Å². The van der Waals surface area contributed by atoms with E-state index in [0.29, 0.717) is 11.4 Å². The highest BCUT2D eigenvalue weighted by Crippen LogP contribution is 2.44. The average Bonchev–Trinajstić information content (AvgIpc) is 3.45. The molecule has 226 valence electrons. The number of pyridine rings is 1. The van der Waals surface area contributed by atoms with Crippen molar-refractivity contribution < 1.29 is 37.3 Å². The van der Waals surface area contributed by atoms with Crippen molar-refractivity contribution in [3.63, 3.8) is 0 Å². The fraction of sp³-hybridized carbons (Fsp3) is 0.406. The lowest BCUT2D eigenvalue weighted by Gasteiger charge is -2.33. The molecule has 2 saturated heterocycles. The molecule has 43 heavy (non-hydrogen) atoms. The predicted octanol–water partition coefficient (Wildman–Crippen LogP) is 6.57. The molecule has 1 amide bonds. The maximum Gasteiger partial charge on any atom is 0.416 e. The number of methoxy groups -OCH3 is 1. The highest BCUT2D eigenvalue weighted by Gasteiger charge is 2.41. The third-order valence-corrected chi connectivity index (χ3v) is 8.77. The number of fused-ring (bicyclic) bond motifs is 1. The number of alkyl halides is 3. The van der Waals surface area contributed by atoms with Gasteiger partial charge in [0.2, 0.25) is 0 Å². The van der Waals surface area contributed by atoms with Crippen molar-refractivity contribution in [2.45, 2.75) is 63.4 Å². The fourth-order valence-electron chi connectivity index (χ4n) is 6.31. The number of ether oxygens (including phenoxy) is 2. The van der Waals surface area contributed by atoms with Crippen LogP contribution in [0, 0.1) is 0 Å². The van der Waals surface area contributed by atoms with Crippen molar-refractivity contribution in [2.24, 2.45) is 0 Å². The number of carboxylic acid groups (broad SMARTS) is 1. The van der Waals surface area contributed by atoms with E-state index in [0.717, 1.165) is 72.6 Å². The number of rotatable bonds is 8. The second-order valence-corrected chi connectivity index (χ2v) is 11.4. The van der Waals surface area contributed by atoms with E-state index < -0.39 is 35.9 Å². The first-order chi connectivity index (χ1) is 20.5. The molecule has 2 fully saturated rings. The Morgan fingerprint density at radius 3 is 2.60 bits per heavy atom. The summed E-state index contributed by atoms with van der Waals surface area (Å²) in [6.07, 6.45) is -3.46. The number of hydrogen-bond donors (Lipinski definition) is 1. The quantitative estimate of drug-likeness (QED) is 0.315. The number of carbonyl (C=O) groups is 2. The third-order valence-electron chi connectivity index (χ3n) is 8.77. The first-order valence-corrected chi connectivity index (χ1v) is 14.4. The third kappa shape index (κ3) is 5.48. The Labute approximate surface area is 247 Å². The van der Waals surface area contributed by atoms with Crippen LogP contribution in [0.2, 0.25) is 0 Å². The molecular weight excluding hydrogens is 563 g/mol. The van der Waals surface area contributed by atoms with Gasteiger partial charge in [-0.3, -0.25) is 9.69 Å². The van der Waals surface area contributed by atoms with Crippen molar-refractivity contribution in [3.05, 3.63) is 76.5 Å². The molecule has 1 aromatic heterocycles. The molecule has 0 bridgehead atoms. The summed E-state index contributed by atoms with van der Waals surface area (Å²) in [7, 11) is 1.58. The normalized spacial score (nSPS) is 21.4. The van der Waals surface area contributed by atoms with Crippen LogP contribution in [0.3, 0.4) is 0 Å². The van der Waals surface area contributed by atoms with E-state index in [1.54, 1.807) is 14.0 Å². The van der Waals surface area contributed by atoms with Gasteiger partial charge >= 0.3 is 18.2 Å². The summed E-state index contributed by atoms with van der Waals surface area (Å²) < 4.78 is 51.6. The molecule has 3 aromatic rings. The number of aliphatic carboxylic acids is 1. The number of halogens is 3. The van der Waals surface area contributed by atoms with Crippen LogP contribution in [-0.2, 0) is 28.7 Å². The molecule has 8 nitrogen and oxygen atoms in total. The van der Waals surface area contributed by atoms with Gasteiger partial charge in [0.1, 0.15) is 17.7 Å². The number of aromatic nitrogens is 1. The maximum atomic E-state index is 13.4. The minimum absolute atomic E-state index is 0.0336. The summed E-state index contributed by atoms with van der Waals surface area (Å²) in [6.45, 7) is 3.54. The molecule has 0 saturated carbocycles. The van der Waals surface area contributed by atoms with Crippen LogP contribution in [-0.4, -0.2) is 53.3 Å². The molecule has 1 aliphatic carbocycles. The molecule has 3 aliphatic rings. The van der Waals surface area contributed by atoms with Gasteiger partial charge in [0.05, 0.1) is 37.4 Å². The van der Waals surface area contributed by atoms with E-state index in [1.165, 1.54) is 17.0 Å². The number of aryl methyl sites for hydroxylation is 1. The number of hydrogen-bond acceptors (Lipinski definition) is 6. The number of amides is 1. The summed E-state index contributed by atoms with van der Waals surface area (Å²) in [5.74, 6) is 0.418. The summed E-state index contributed by atoms with van der Waals surface area (Å²) >= 11 is 0. The minimum Gasteiger partial charge on any atom is -0.496 e. The second-order valence-electron chi connectivity index (χ2n) is 11.4. The molecule has 0 spiro atoms. The zero-order chi connectivity index (χ0) is 30.5. The Morgan fingerprint density at radius 1 is 1.14 bits per heavy atom. The smallest absolute Gasteiger partial charge is 0.416 e. The zero-order valence-electron chi connectivity index (χ0n) is 23.9. The lowest BCUT2D eigenvalue weighted by atomic mass is 9.92. The Hall–Kier alpha value is -4.28. The first-order valence-electron chi connectivity index (χ1n) is 14.4. The van der Waals surface area contributed by atoms with E-state index in [9.17, 15) is 27.9 Å². The van der Waals surface area contributed by atoms with Gasteiger partial charge in [-0.2, -0.15) is 13.2 Å². The Kier molecular flexibility index (Phi) is 7.43. The molecule has 0 radical (unpaired) electrons. The number of carboxylic acids is 1. The molecule has 3 atom stereocenters. The number of nitrogens with zero attached hydrogens (tertiary/aromatic N) is 3. The molecule has 1 N–H and O–H groups in total. The number of anilines is 1. The Bertz CT molecular complexity index is 1570. The minimum atomic E-state index is -4.52. The van der Waals surface area contributed by atoms with Crippen molar-refractivity contribution in [2.75, 3.05) is 25.1 Å². The van der Waals surface area contributed by atoms with Gasteiger partial charge in [0.15, 0.2) is 0 Å². The summed E-state index contributed by atoms with van der Waals surface area (Å²) in [4.78, 5) is 33.3. The standard InChI is InChI=1S/C32H32F3N3O5/c1-18-30(21-5-3-6-22(13-21)32(33,34)35)43-31(41)38(18)17-26-23(9-10-28(36-26)37-11-4-12-37)25-16-24-19(14-27(25)42-2)7-8-20(24)15-29(39)40/h3,5-6,9-10,13-14,16,18,20,30H,4,7-8,11-12,15,17H2,1-2H3,(H,39,40). The van der Waals surface area contributed by atoms with Crippen molar-refractivity contribution >= 4 is 17.9 Å². The molecule has 2 aromatic carbocycles. The maximum absolute atomic E-state index is 13.4. The van der Waals surface area contributed by atoms with Crippen LogP contribution in [0.25, 0.3) is 11.1 Å². The Morgan fingerprint density at radius 2 is 1.93 bits per heavy atom. The van der Waals surface area contributed by atoms with Crippen LogP contribution in [0.4, 0.5) is 23.8 Å². The highest BCUT2D eigenvalue weighted by atomic mass is 19.4. The van der Waals surface area contributed by atoms with Crippen LogP contribution in [0.15, 0.2) is 48.5 Å². The van der Waals surface area contributed by atoms with Gasteiger partial charge in [0, 0.05) is 24.2 Å². The monoisotopic (exact) mass is 595 g/mol. The topological polar surface area (TPSA) is 92.2 Å².